The molecule has 0 aliphatic carbocycles. The summed E-state index contributed by atoms with van der Waals surface area (Å²) in [5, 5.41) is 12.6. The second-order valence-corrected chi connectivity index (χ2v) is 5.73. The molecule has 0 saturated carbocycles. The van der Waals surface area contributed by atoms with Gasteiger partial charge < -0.3 is 14.8 Å². The molecule has 1 aromatic carbocycles. The number of rotatable bonds is 7. The fourth-order valence-corrected chi connectivity index (χ4v) is 2.65. The minimum atomic E-state index is -0.804. The van der Waals surface area contributed by atoms with Gasteiger partial charge in [-0.25, -0.2) is 0 Å². The Balaban J connectivity index is 1.65. The number of hydrogen-bond donors (Lipinski definition) is 2. The summed E-state index contributed by atoms with van der Waals surface area (Å²) >= 11 is 1.55. The Morgan fingerprint density at radius 3 is 2.71 bits per heavy atom. The van der Waals surface area contributed by atoms with Crippen LogP contribution in [0.5, 0.6) is 0 Å². The Bertz CT molecular complexity index is 568. The zero-order valence-electron chi connectivity index (χ0n) is 11.9. The van der Waals surface area contributed by atoms with Crippen LogP contribution in [0.3, 0.4) is 0 Å². The van der Waals surface area contributed by atoms with E-state index in [1.807, 2.05) is 37.3 Å². The molecule has 1 heterocycles. The van der Waals surface area contributed by atoms with Crippen molar-refractivity contribution in [3.05, 3.63) is 59.5 Å². The molecule has 0 saturated heterocycles. The molecule has 2 aromatic rings. The van der Waals surface area contributed by atoms with Crippen LogP contribution in [0.1, 0.15) is 23.2 Å². The van der Waals surface area contributed by atoms with E-state index in [4.69, 9.17) is 4.42 Å². The van der Waals surface area contributed by atoms with Crippen LogP contribution in [0.2, 0.25) is 0 Å². The molecule has 112 valence electrons. The molecule has 1 amide bonds. The van der Waals surface area contributed by atoms with Gasteiger partial charge in [-0.2, -0.15) is 0 Å². The summed E-state index contributed by atoms with van der Waals surface area (Å²) in [4.78, 5) is 11.7. The number of carbonyl (C=O) groups is 1. The first-order chi connectivity index (χ1) is 10.1. The van der Waals surface area contributed by atoms with Gasteiger partial charge in [0.1, 0.15) is 17.6 Å². The Morgan fingerprint density at radius 2 is 2.05 bits per heavy atom. The SMILES string of the molecule is Cc1ccc(C(O)CNC(=O)CSCc2ccccc2)o1. The average Bonchev–Trinajstić information content (AvgIpc) is 2.92. The smallest absolute Gasteiger partial charge is 0.230 e. The summed E-state index contributed by atoms with van der Waals surface area (Å²) in [6.45, 7) is 1.98. The Kier molecular flexibility index (Phi) is 5.90. The molecule has 0 radical (unpaired) electrons. The number of thioether (sulfide) groups is 1. The third-order valence-corrected chi connectivity index (χ3v) is 3.93. The molecule has 5 heteroatoms. The number of aryl methyl sites for hydroxylation is 1. The second kappa shape index (κ2) is 7.90. The molecular formula is C16H19NO3S. The zero-order valence-corrected chi connectivity index (χ0v) is 12.7. The molecule has 0 spiro atoms. The van der Waals surface area contributed by atoms with E-state index in [2.05, 4.69) is 5.32 Å². The van der Waals surface area contributed by atoms with Crippen molar-refractivity contribution in [2.75, 3.05) is 12.3 Å². The minimum absolute atomic E-state index is 0.0849. The molecule has 1 unspecified atom stereocenters. The summed E-state index contributed by atoms with van der Waals surface area (Å²) in [6, 6.07) is 13.5. The summed E-state index contributed by atoms with van der Waals surface area (Å²) in [6.07, 6.45) is -0.804. The van der Waals surface area contributed by atoms with Crippen molar-refractivity contribution in [2.24, 2.45) is 0 Å². The molecule has 21 heavy (non-hydrogen) atoms. The van der Waals surface area contributed by atoms with Crippen LogP contribution >= 0.6 is 11.8 Å². The van der Waals surface area contributed by atoms with E-state index >= 15 is 0 Å². The highest BCUT2D eigenvalue weighted by Gasteiger charge is 2.12. The normalized spacial score (nSPS) is 12.1. The monoisotopic (exact) mass is 305 g/mol. The van der Waals surface area contributed by atoms with Gasteiger partial charge in [0.05, 0.1) is 12.3 Å². The number of benzene rings is 1. The lowest BCUT2D eigenvalue weighted by atomic mass is 10.2. The van der Waals surface area contributed by atoms with Crippen LogP contribution in [-0.2, 0) is 10.5 Å². The summed E-state index contributed by atoms with van der Waals surface area (Å²) < 4.78 is 5.31. The number of hydrogen-bond acceptors (Lipinski definition) is 4. The van der Waals surface area contributed by atoms with E-state index in [9.17, 15) is 9.90 Å². The predicted molar refractivity (Wildman–Crippen MR) is 84.0 cm³/mol. The maximum absolute atomic E-state index is 11.7. The van der Waals surface area contributed by atoms with Crippen LogP contribution < -0.4 is 5.32 Å². The maximum atomic E-state index is 11.7. The molecule has 1 atom stereocenters. The third kappa shape index (κ3) is 5.28. The fraction of sp³-hybridized carbons (Fsp3) is 0.312. The number of amides is 1. The summed E-state index contributed by atoms with van der Waals surface area (Å²) in [5.74, 6) is 2.31. The van der Waals surface area contributed by atoms with Gasteiger partial charge in [0, 0.05) is 5.75 Å². The predicted octanol–water partition coefficient (Wildman–Crippen LogP) is 2.67. The molecular weight excluding hydrogens is 286 g/mol. The van der Waals surface area contributed by atoms with Crippen LogP contribution in [0.15, 0.2) is 46.9 Å². The molecule has 0 bridgehead atoms. The highest BCUT2D eigenvalue weighted by atomic mass is 32.2. The van der Waals surface area contributed by atoms with Crippen molar-refractivity contribution in [3.63, 3.8) is 0 Å². The van der Waals surface area contributed by atoms with Gasteiger partial charge >= 0.3 is 0 Å². The molecule has 4 nitrogen and oxygen atoms in total. The first kappa shape index (κ1) is 15.7. The number of aliphatic hydroxyl groups is 1. The van der Waals surface area contributed by atoms with E-state index in [1.54, 1.807) is 23.9 Å². The molecule has 0 fully saturated rings. The topological polar surface area (TPSA) is 62.5 Å². The first-order valence-corrected chi connectivity index (χ1v) is 7.93. The van der Waals surface area contributed by atoms with Gasteiger partial charge in [-0.15, -0.1) is 11.8 Å². The standard InChI is InChI=1S/C16H19NO3S/c1-12-7-8-15(20-12)14(18)9-17-16(19)11-21-10-13-5-3-2-4-6-13/h2-8,14,18H,9-11H2,1H3,(H,17,19). The van der Waals surface area contributed by atoms with E-state index in [0.29, 0.717) is 11.5 Å². The lowest BCUT2D eigenvalue weighted by Gasteiger charge is -2.09. The minimum Gasteiger partial charge on any atom is -0.464 e. The molecule has 0 aliphatic rings. The van der Waals surface area contributed by atoms with E-state index < -0.39 is 6.10 Å². The number of carbonyl (C=O) groups excluding carboxylic acids is 1. The van der Waals surface area contributed by atoms with Crippen molar-refractivity contribution in [1.82, 2.24) is 5.32 Å². The van der Waals surface area contributed by atoms with E-state index in [1.165, 1.54) is 5.56 Å². The zero-order chi connectivity index (χ0) is 15.1. The number of aliphatic hydroxyl groups excluding tert-OH is 1. The maximum Gasteiger partial charge on any atom is 0.230 e. The largest absolute Gasteiger partial charge is 0.464 e. The molecule has 0 aliphatic heterocycles. The summed E-state index contributed by atoms with van der Waals surface area (Å²) in [5.41, 5.74) is 1.20. The van der Waals surface area contributed by atoms with Gasteiger partial charge in [-0.1, -0.05) is 30.3 Å². The average molecular weight is 305 g/mol. The Hall–Kier alpha value is -1.72. The van der Waals surface area contributed by atoms with Gasteiger partial charge in [-0.05, 0) is 24.6 Å². The highest BCUT2D eigenvalue weighted by molar-refractivity contribution is 7.99. The Morgan fingerprint density at radius 1 is 1.29 bits per heavy atom. The third-order valence-electron chi connectivity index (χ3n) is 2.93. The van der Waals surface area contributed by atoms with Crippen molar-refractivity contribution < 1.29 is 14.3 Å². The van der Waals surface area contributed by atoms with Crippen LogP contribution in [0.25, 0.3) is 0 Å². The van der Waals surface area contributed by atoms with Crippen molar-refractivity contribution in [1.29, 1.82) is 0 Å². The highest BCUT2D eigenvalue weighted by Crippen LogP contribution is 2.15. The van der Waals surface area contributed by atoms with Crippen molar-refractivity contribution in [3.8, 4) is 0 Å². The first-order valence-electron chi connectivity index (χ1n) is 6.78. The second-order valence-electron chi connectivity index (χ2n) is 4.75. The van der Waals surface area contributed by atoms with Crippen LogP contribution in [-0.4, -0.2) is 23.3 Å². The Labute approximate surface area is 128 Å². The van der Waals surface area contributed by atoms with Gasteiger partial charge in [0.15, 0.2) is 0 Å². The van der Waals surface area contributed by atoms with Gasteiger partial charge in [0.25, 0.3) is 0 Å². The molecule has 2 N–H and O–H groups in total. The van der Waals surface area contributed by atoms with Crippen LogP contribution in [0, 0.1) is 6.92 Å². The fourth-order valence-electron chi connectivity index (χ4n) is 1.83. The lowest BCUT2D eigenvalue weighted by molar-refractivity contribution is -0.119. The number of furan rings is 1. The van der Waals surface area contributed by atoms with Crippen molar-refractivity contribution >= 4 is 17.7 Å². The quantitative estimate of drug-likeness (QED) is 0.825. The number of nitrogens with one attached hydrogen (secondary N) is 1. The van der Waals surface area contributed by atoms with E-state index in [-0.39, 0.29) is 12.5 Å². The van der Waals surface area contributed by atoms with Gasteiger partial charge in [0.2, 0.25) is 5.91 Å². The van der Waals surface area contributed by atoms with Crippen LogP contribution in [0.4, 0.5) is 0 Å². The van der Waals surface area contributed by atoms with Gasteiger partial charge in [-0.3, -0.25) is 4.79 Å². The van der Waals surface area contributed by atoms with E-state index in [0.717, 1.165) is 11.5 Å². The molecule has 1 aromatic heterocycles. The lowest BCUT2D eigenvalue weighted by Crippen LogP contribution is -2.29. The molecule has 2 rings (SSSR count). The summed E-state index contributed by atoms with van der Waals surface area (Å²) in [7, 11) is 0. The van der Waals surface area contributed by atoms with Crippen molar-refractivity contribution in [2.45, 2.75) is 18.8 Å².